The van der Waals surface area contributed by atoms with E-state index in [1.807, 2.05) is 32.9 Å². The number of aryl methyl sites for hydroxylation is 1. The first kappa shape index (κ1) is 17.3. The van der Waals surface area contributed by atoms with E-state index in [2.05, 4.69) is 28.6 Å². The first-order valence-electron chi connectivity index (χ1n) is 7.12. The highest BCUT2D eigenvalue weighted by atomic mass is 16.1. The lowest BCUT2D eigenvalue weighted by Gasteiger charge is -2.09. The first-order chi connectivity index (χ1) is 10.7. The fourth-order valence-electron chi connectivity index (χ4n) is 1.79. The molecule has 1 amide bonds. The molecule has 4 heteroatoms. The molecule has 0 saturated heterocycles. The number of carbonyl (C=O) groups is 1. The molecule has 1 aromatic heterocycles. The monoisotopic (exact) mass is 295 g/mol. The number of hydrogen-bond acceptors (Lipinski definition) is 3. The summed E-state index contributed by atoms with van der Waals surface area (Å²) in [5, 5.41) is 2.81. The van der Waals surface area contributed by atoms with Gasteiger partial charge in [0.05, 0.1) is 11.4 Å². The molecule has 0 bridgehead atoms. The van der Waals surface area contributed by atoms with Gasteiger partial charge in [-0.25, -0.2) is 0 Å². The molecule has 0 spiro atoms. The zero-order chi connectivity index (χ0) is 16.5. The van der Waals surface area contributed by atoms with Gasteiger partial charge in [0.1, 0.15) is 5.69 Å². The van der Waals surface area contributed by atoms with Gasteiger partial charge in [-0.1, -0.05) is 38.1 Å². The quantitative estimate of drug-likeness (QED) is 0.835. The van der Waals surface area contributed by atoms with Crippen molar-refractivity contribution in [2.24, 2.45) is 4.99 Å². The number of aliphatic imine (C=N–C) groups is 1. The van der Waals surface area contributed by atoms with E-state index in [-0.39, 0.29) is 5.91 Å². The molecule has 0 radical (unpaired) electrons. The SMILES string of the molecule is C=Cc1nccc(NC(=O)c2ccc(C)cc2)c1N=C.CC. The van der Waals surface area contributed by atoms with Gasteiger partial charge in [0.25, 0.3) is 5.91 Å². The van der Waals surface area contributed by atoms with Crippen LogP contribution in [0.4, 0.5) is 11.4 Å². The fraction of sp³-hybridized carbons (Fsp3) is 0.167. The second kappa shape index (κ2) is 8.52. The van der Waals surface area contributed by atoms with Crippen LogP contribution in [0.2, 0.25) is 0 Å². The number of pyridine rings is 1. The summed E-state index contributed by atoms with van der Waals surface area (Å²) in [4.78, 5) is 20.2. The number of nitrogens with one attached hydrogen (secondary N) is 1. The van der Waals surface area contributed by atoms with Crippen LogP contribution in [0.1, 0.15) is 35.5 Å². The molecule has 0 saturated carbocycles. The maximum absolute atomic E-state index is 12.2. The van der Waals surface area contributed by atoms with Gasteiger partial charge in [-0.05, 0) is 37.9 Å². The Labute approximate surface area is 131 Å². The number of carbonyl (C=O) groups excluding carboxylic acids is 1. The number of hydrogen-bond donors (Lipinski definition) is 1. The predicted molar refractivity (Wildman–Crippen MR) is 94.0 cm³/mol. The van der Waals surface area contributed by atoms with Crippen molar-refractivity contribution in [3.8, 4) is 0 Å². The van der Waals surface area contributed by atoms with E-state index < -0.39 is 0 Å². The van der Waals surface area contributed by atoms with Crippen molar-refractivity contribution in [1.29, 1.82) is 0 Å². The molecule has 2 rings (SSSR count). The van der Waals surface area contributed by atoms with Crippen LogP contribution in [0.3, 0.4) is 0 Å². The van der Waals surface area contributed by atoms with Gasteiger partial charge < -0.3 is 5.32 Å². The molecule has 1 aromatic carbocycles. The molecule has 4 nitrogen and oxygen atoms in total. The molecule has 0 aliphatic carbocycles. The molecular weight excluding hydrogens is 274 g/mol. The van der Waals surface area contributed by atoms with Crippen LogP contribution in [0.5, 0.6) is 0 Å². The molecule has 0 aliphatic rings. The van der Waals surface area contributed by atoms with E-state index in [4.69, 9.17) is 0 Å². The lowest BCUT2D eigenvalue weighted by atomic mass is 10.1. The van der Waals surface area contributed by atoms with Crippen molar-refractivity contribution in [2.45, 2.75) is 20.8 Å². The molecule has 114 valence electrons. The molecule has 1 N–H and O–H groups in total. The van der Waals surface area contributed by atoms with Gasteiger partial charge >= 0.3 is 0 Å². The third-order valence-corrected chi connectivity index (χ3v) is 2.87. The summed E-state index contributed by atoms with van der Waals surface area (Å²) >= 11 is 0. The standard InChI is InChI=1S/C16H15N3O.C2H6/c1-4-13-15(17-3)14(9-10-18-13)19-16(20)12-7-5-11(2)6-8-12;1-2/h4-10H,1,3H2,2H3,(H,18,19,20);1-2H3. The minimum atomic E-state index is -0.198. The number of amides is 1. The second-order valence-corrected chi connectivity index (χ2v) is 4.27. The van der Waals surface area contributed by atoms with Crippen LogP contribution in [0, 0.1) is 6.92 Å². The van der Waals surface area contributed by atoms with Crippen LogP contribution in [-0.4, -0.2) is 17.6 Å². The molecule has 2 aromatic rings. The topological polar surface area (TPSA) is 54.4 Å². The Bertz CT molecular complexity index is 661. The highest BCUT2D eigenvalue weighted by Crippen LogP contribution is 2.28. The smallest absolute Gasteiger partial charge is 0.255 e. The minimum absolute atomic E-state index is 0.198. The summed E-state index contributed by atoms with van der Waals surface area (Å²) in [6, 6.07) is 9.03. The highest BCUT2D eigenvalue weighted by molar-refractivity contribution is 6.06. The van der Waals surface area contributed by atoms with E-state index in [1.165, 1.54) is 0 Å². The van der Waals surface area contributed by atoms with Crippen molar-refractivity contribution in [2.75, 3.05) is 5.32 Å². The fourth-order valence-corrected chi connectivity index (χ4v) is 1.79. The van der Waals surface area contributed by atoms with Gasteiger partial charge in [-0.3, -0.25) is 14.8 Å². The number of rotatable bonds is 4. The summed E-state index contributed by atoms with van der Waals surface area (Å²) in [5.74, 6) is -0.198. The van der Waals surface area contributed by atoms with Crippen molar-refractivity contribution in [1.82, 2.24) is 4.98 Å². The minimum Gasteiger partial charge on any atom is -0.320 e. The molecule has 0 unspecified atom stereocenters. The van der Waals surface area contributed by atoms with E-state index in [0.29, 0.717) is 22.6 Å². The Morgan fingerprint density at radius 3 is 2.41 bits per heavy atom. The van der Waals surface area contributed by atoms with Gasteiger partial charge in [-0.2, -0.15) is 0 Å². The zero-order valence-electron chi connectivity index (χ0n) is 13.3. The largest absolute Gasteiger partial charge is 0.320 e. The maximum atomic E-state index is 12.2. The number of aromatic nitrogens is 1. The lowest BCUT2D eigenvalue weighted by Crippen LogP contribution is -2.12. The van der Waals surface area contributed by atoms with Gasteiger partial charge in [-0.15, -0.1) is 0 Å². The molecule has 1 heterocycles. The summed E-state index contributed by atoms with van der Waals surface area (Å²) in [6.45, 7) is 13.1. The molecule has 0 fully saturated rings. The summed E-state index contributed by atoms with van der Waals surface area (Å²) in [5.41, 5.74) is 3.36. The number of benzene rings is 1. The Morgan fingerprint density at radius 2 is 1.86 bits per heavy atom. The Hall–Kier alpha value is -2.75. The van der Waals surface area contributed by atoms with Gasteiger partial charge in [0, 0.05) is 11.8 Å². The van der Waals surface area contributed by atoms with Crippen molar-refractivity contribution < 1.29 is 4.79 Å². The van der Waals surface area contributed by atoms with Gasteiger partial charge in [0.2, 0.25) is 0 Å². The summed E-state index contributed by atoms with van der Waals surface area (Å²) < 4.78 is 0. The normalized spacial score (nSPS) is 9.23. The Balaban J connectivity index is 0.00000116. The average molecular weight is 295 g/mol. The lowest BCUT2D eigenvalue weighted by molar-refractivity contribution is 0.102. The molecular formula is C18H21N3O. The first-order valence-corrected chi connectivity index (χ1v) is 7.12. The van der Waals surface area contributed by atoms with Gasteiger partial charge in [0.15, 0.2) is 0 Å². The van der Waals surface area contributed by atoms with E-state index in [1.54, 1.807) is 30.5 Å². The van der Waals surface area contributed by atoms with Crippen LogP contribution < -0.4 is 5.32 Å². The zero-order valence-corrected chi connectivity index (χ0v) is 13.3. The molecule has 0 atom stereocenters. The number of anilines is 1. The summed E-state index contributed by atoms with van der Waals surface area (Å²) in [6.07, 6.45) is 3.17. The highest BCUT2D eigenvalue weighted by Gasteiger charge is 2.10. The summed E-state index contributed by atoms with van der Waals surface area (Å²) in [7, 11) is 0. The number of nitrogens with zero attached hydrogens (tertiary/aromatic N) is 2. The van der Waals surface area contributed by atoms with E-state index in [0.717, 1.165) is 5.56 Å². The predicted octanol–water partition coefficient (Wildman–Crippen LogP) is 4.64. The Morgan fingerprint density at radius 1 is 1.23 bits per heavy atom. The molecule has 22 heavy (non-hydrogen) atoms. The average Bonchev–Trinajstić information content (AvgIpc) is 2.57. The molecule has 0 aliphatic heterocycles. The van der Waals surface area contributed by atoms with Crippen LogP contribution in [0.25, 0.3) is 6.08 Å². The van der Waals surface area contributed by atoms with Crippen molar-refractivity contribution >= 4 is 30.1 Å². The van der Waals surface area contributed by atoms with Crippen LogP contribution in [-0.2, 0) is 0 Å². The van der Waals surface area contributed by atoms with E-state index in [9.17, 15) is 4.79 Å². The maximum Gasteiger partial charge on any atom is 0.255 e. The Kier molecular flexibility index (Phi) is 6.70. The van der Waals surface area contributed by atoms with E-state index >= 15 is 0 Å². The second-order valence-electron chi connectivity index (χ2n) is 4.27. The van der Waals surface area contributed by atoms with Crippen LogP contribution in [0.15, 0.2) is 48.1 Å². The third kappa shape index (κ3) is 4.12. The van der Waals surface area contributed by atoms with Crippen LogP contribution >= 0.6 is 0 Å². The van der Waals surface area contributed by atoms with Crippen molar-refractivity contribution in [3.63, 3.8) is 0 Å². The third-order valence-electron chi connectivity index (χ3n) is 2.87. The van der Waals surface area contributed by atoms with Crippen molar-refractivity contribution in [3.05, 3.63) is 59.9 Å².